The van der Waals surface area contributed by atoms with E-state index in [2.05, 4.69) is 23.9 Å². The third-order valence-corrected chi connectivity index (χ3v) is 6.84. The fraction of sp³-hybridized carbons (Fsp3) is 0.240. The van der Waals surface area contributed by atoms with Gasteiger partial charge in [0.2, 0.25) is 0 Å². The Labute approximate surface area is 200 Å². The molecule has 0 saturated carbocycles. The van der Waals surface area contributed by atoms with Crippen molar-refractivity contribution < 1.29 is 17.9 Å². The fourth-order valence-corrected chi connectivity index (χ4v) is 4.78. The van der Waals surface area contributed by atoms with Crippen LogP contribution in [0.4, 0.5) is 5.69 Å². The number of rotatable bonds is 9. The van der Waals surface area contributed by atoms with Crippen molar-refractivity contribution in [2.45, 2.75) is 31.6 Å². The number of hydrogen-bond acceptors (Lipinski definition) is 4. The summed E-state index contributed by atoms with van der Waals surface area (Å²) in [7, 11) is -3.97. The van der Waals surface area contributed by atoms with Crippen LogP contribution in [0.3, 0.4) is 0 Å². The average molecular weight is 487 g/mol. The quantitative estimate of drug-likeness (QED) is 0.397. The van der Waals surface area contributed by atoms with Gasteiger partial charge in [0, 0.05) is 11.3 Å². The normalized spacial score (nSPS) is 11.3. The van der Waals surface area contributed by atoms with Gasteiger partial charge in [-0.1, -0.05) is 61.3 Å². The number of halogens is 1. The third-order valence-electron chi connectivity index (χ3n) is 4.97. The Balaban J connectivity index is 1.65. The lowest BCUT2D eigenvalue weighted by atomic mass is 10.0. The van der Waals surface area contributed by atoms with Crippen LogP contribution in [0.2, 0.25) is 5.02 Å². The number of amides is 1. The SMILES string of the molecule is Cc1ccc(NS(=O)(=O)c2cc(C(=O)NCCOc3ccccc3C(C)C)ccc2Cl)cc1. The molecule has 1 amide bonds. The minimum absolute atomic E-state index is 0.0276. The van der Waals surface area contributed by atoms with Crippen LogP contribution in [0.1, 0.15) is 41.3 Å². The number of carbonyl (C=O) groups excluding carboxylic acids is 1. The summed E-state index contributed by atoms with van der Waals surface area (Å²) < 4.78 is 34.0. The van der Waals surface area contributed by atoms with Crippen molar-refractivity contribution in [2.75, 3.05) is 17.9 Å². The molecule has 0 unspecified atom stereocenters. The van der Waals surface area contributed by atoms with Gasteiger partial charge in [-0.2, -0.15) is 0 Å². The second kappa shape index (κ2) is 10.7. The van der Waals surface area contributed by atoms with Gasteiger partial charge in [0.15, 0.2) is 0 Å². The Morgan fingerprint density at radius 2 is 1.73 bits per heavy atom. The smallest absolute Gasteiger partial charge is 0.263 e. The van der Waals surface area contributed by atoms with E-state index in [0.29, 0.717) is 11.6 Å². The van der Waals surface area contributed by atoms with Gasteiger partial charge in [0.05, 0.1) is 11.6 Å². The molecule has 0 fully saturated rings. The van der Waals surface area contributed by atoms with Crippen LogP contribution < -0.4 is 14.8 Å². The molecule has 174 valence electrons. The number of carbonyl (C=O) groups is 1. The fourth-order valence-electron chi connectivity index (χ4n) is 3.20. The van der Waals surface area contributed by atoms with Crippen molar-refractivity contribution in [3.8, 4) is 5.75 Å². The van der Waals surface area contributed by atoms with E-state index < -0.39 is 15.9 Å². The lowest BCUT2D eigenvalue weighted by Crippen LogP contribution is -2.28. The number of anilines is 1. The monoisotopic (exact) mass is 486 g/mol. The first-order valence-corrected chi connectivity index (χ1v) is 12.4. The van der Waals surface area contributed by atoms with Gasteiger partial charge in [-0.25, -0.2) is 8.42 Å². The molecule has 0 bridgehead atoms. The summed E-state index contributed by atoms with van der Waals surface area (Å²) in [6, 6.07) is 18.8. The molecule has 8 heteroatoms. The highest BCUT2D eigenvalue weighted by atomic mass is 35.5. The highest BCUT2D eigenvalue weighted by Crippen LogP contribution is 2.26. The zero-order chi connectivity index (χ0) is 24.0. The van der Waals surface area contributed by atoms with E-state index in [4.69, 9.17) is 16.3 Å². The molecular formula is C25H27ClN2O4S. The first-order valence-electron chi connectivity index (χ1n) is 10.6. The van der Waals surface area contributed by atoms with Gasteiger partial charge < -0.3 is 10.1 Å². The van der Waals surface area contributed by atoms with Crippen LogP contribution in [0.5, 0.6) is 5.75 Å². The number of nitrogens with one attached hydrogen (secondary N) is 2. The maximum absolute atomic E-state index is 12.8. The van der Waals surface area contributed by atoms with E-state index in [1.54, 1.807) is 24.3 Å². The largest absolute Gasteiger partial charge is 0.491 e. The molecule has 2 N–H and O–H groups in total. The van der Waals surface area contributed by atoms with E-state index in [1.165, 1.54) is 18.2 Å². The molecule has 6 nitrogen and oxygen atoms in total. The Kier molecular flexibility index (Phi) is 8.00. The van der Waals surface area contributed by atoms with Crippen molar-refractivity contribution in [1.29, 1.82) is 0 Å². The van der Waals surface area contributed by atoms with Gasteiger partial charge in [-0.05, 0) is 54.8 Å². The van der Waals surface area contributed by atoms with Gasteiger partial charge in [-0.3, -0.25) is 9.52 Å². The summed E-state index contributed by atoms with van der Waals surface area (Å²) in [6.45, 7) is 6.62. The molecule has 0 heterocycles. The molecule has 0 atom stereocenters. The first kappa shape index (κ1) is 24.6. The van der Waals surface area contributed by atoms with E-state index in [9.17, 15) is 13.2 Å². The lowest BCUT2D eigenvalue weighted by molar-refractivity contribution is 0.0946. The predicted octanol–water partition coefficient (Wildman–Crippen LogP) is 5.38. The first-order chi connectivity index (χ1) is 15.7. The standard InChI is InChI=1S/C25H27ClN2O4S/c1-17(2)21-6-4-5-7-23(21)32-15-14-27-25(29)19-10-13-22(26)24(16-19)33(30,31)28-20-11-8-18(3)9-12-20/h4-13,16-17,28H,14-15H2,1-3H3,(H,27,29). The molecule has 0 aromatic heterocycles. The van der Waals surface area contributed by atoms with Gasteiger partial charge in [0.25, 0.3) is 15.9 Å². The van der Waals surface area contributed by atoms with Crippen molar-refractivity contribution in [2.24, 2.45) is 0 Å². The Morgan fingerprint density at radius 3 is 2.42 bits per heavy atom. The second-order valence-electron chi connectivity index (χ2n) is 7.91. The zero-order valence-electron chi connectivity index (χ0n) is 18.8. The maximum Gasteiger partial charge on any atom is 0.263 e. The number of ether oxygens (including phenoxy) is 1. The molecule has 0 aliphatic carbocycles. The van der Waals surface area contributed by atoms with E-state index in [-0.39, 0.29) is 28.6 Å². The topological polar surface area (TPSA) is 84.5 Å². The number of benzene rings is 3. The van der Waals surface area contributed by atoms with Crippen molar-refractivity contribution >= 4 is 33.2 Å². The summed E-state index contributed by atoms with van der Waals surface area (Å²) in [5, 5.41) is 2.78. The summed E-state index contributed by atoms with van der Waals surface area (Å²) in [4.78, 5) is 12.4. The Bertz CT molecular complexity index is 1230. The number of sulfonamides is 1. The third kappa shape index (κ3) is 6.49. The molecule has 0 radical (unpaired) electrons. The highest BCUT2D eigenvalue weighted by Gasteiger charge is 2.20. The number of aryl methyl sites for hydroxylation is 1. The van der Waals surface area contributed by atoms with Gasteiger partial charge >= 0.3 is 0 Å². The minimum Gasteiger partial charge on any atom is -0.491 e. The lowest BCUT2D eigenvalue weighted by Gasteiger charge is -2.14. The highest BCUT2D eigenvalue weighted by molar-refractivity contribution is 7.92. The molecule has 33 heavy (non-hydrogen) atoms. The van der Waals surface area contributed by atoms with E-state index in [0.717, 1.165) is 16.9 Å². The maximum atomic E-state index is 12.8. The molecule has 0 aliphatic rings. The summed E-state index contributed by atoms with van der Waals surface area (Å²) >= 11 is 6.14. The summed E-state index contributed by atoms with van der Waals surface area (Å²) in [5.41, 5.74) is 2.69. The van der Waals surface area contributed by atoms with Gasteiger partial charge in [0.1, 0.15) is 17.3 Å². The average Bonchev–Trinajstić information content (AvgIpc) is 2.78. The van der Waals surface area contributed by atoms with Crippen LogP contribution >= 0.6 is 11.6 Å². The van der Waals surface area contributed by atoms with Crippen LogP contribution in [-0.2, 0) is 10.0 Å². The van der Waals surface area contributed by atoms with E-state index in [1.807, 2.05) is 31.2 Å². The molecular weight excluding hydrogens is 460 g/mol. The summed E-state index contributed by atoms with van der Waals surface area (Å²) in [5.74, 6) is 0.682. The van der Waals surface area contributed by atoms with Crippen LogP contribution in [0.25, 0.3) is 0 Å². The zero-order valence-corrected chi connectivity index (χ0v) is 20.3. The van der Waals surface area contributed by atoms with Gasteiger partial charge in [-0.15, -0.1) is 0 Å². The van der Waals surface area contributed by atoms with Crippen LogP contribution in [0, 0.1) is 6.92 Å². The number of hydrogen-bond donors (Lipinski definition) is 2. The Hall–Kier alpha value is -3.03. The predicted molar refractivity (Wildman–Crippen MR) is 132 cm³/mol. The van der Waals surface area contributed by atoms with Crippen LogP contribution in [0.15, 0.2) is 71.6 Å². The summed E-state index contributed by atoms with van der Waals surface area (Å²) in [6.07, 6.45) is 0. The van der Waals surface area contributed by atoms with Crippen LogP contribution in [-0.4, -0.2) is 27.5 Å². The molecule has 0 saturated heterocycles. The number of para-hydroxylation sites is 1. The Morgan fingerprint density at radius 1 is 1.03 bits per heavy atom. The molecule has 0 aliphatic heterocycles. The molecule has 0 spiro atoms. The molecule has 3 aromatic rings. The van der Waals surface area contributed by atoms with E-state index >= 15 is 0 Å². The minimum atomic E-state index is -3.97. The second-order valence-corrected chi connectivity index (χ2v) is 9.97. The van der Waals surface area contributed by atoms with Crippen molar-refractivity contribution in [1.82, 2.24) is 5.32 Å². The van der Waals surface area contributed by atoms with Crippen molar-refractivity contribution in [3.05, 3.63) is 88.4 Å². The van der Waals surface area contributed by atoms with Crippen molar-refractivity contribution in [3.63, 3.8) is 0 Å². The molecule has 3 aromatic carbocycles. The molecule has 3 rings (SSSR count).